The molecule has 5 nitrogen and oxygen atoms in total. The molecule has 0 saturated carbocycles. The molecular formula is C17H19N5. The van der Waals surface area contributed by atoms with E-state index < -0.39 is 0 Å². The van der Waals surface area contributed by atoms with Gasteiger partial charge in [-0.05, 0) is 43.0 Å². The fraction of sp³-hybridized carbons (Fsp3) is 0.353. The second-order valence-electron chi connectivity index (χ2n) is 5.72. The van der Waals surface area contributed by atoms with Crippen molar-refractivity contribution in [2.24, 2.45) is 5.92 Å². The van der Waals surface area contributed by atoms with Gasteiger partial charge in [0, 0.05) is 32.0 Å². The Morgan fingerprint density at radius 1 is 1.27 bits per heavy atom. The number of aromatic nitrogens is 2. The summed E-state index contributed by atoms with van der Waals surface area (Å²) in [5.74, 6) is 2.47. The summed E-state index contributed by atoms with van der Waals surface area (Å²) in [7, 11) is 0. The Bertz CT molecular complexity index is 657. The fourth-order valence-corrected chi connectivity index (χ4v) is 2.67. The Labute approximate surface area is 130 Å². The third-order valence-corrected chi connectivity index (χ3v) is 3.97. The highest BCUT2D eigenvalue weighted by molar-refractivity contribution is 5.43. The first kappa shape index (κ1) is 14.3. The van der Waals surface area contributed by atoms with E-state index in [0.29, 0.717) is 11.5 Å². The fourth-order valence-electron chi connectivity index (χ4n) is 2.67. The minimum atomic E-state index is 0.584. The number of nitriles is 1. The first-order valence-electron chi connectivity index (χ1n) is 7.52. The minimum absolute atomic E-state index is 0.584. The van der Waals surface area contributed by atoms with Gasteiger partial charge in [0.1, 0.15) is 17.7 Å². The predicted octanol–water partition coefficient (Wildman–Crippen LogP) is 2.60. The Kier molecular flexibility index (Phi) is 4.19. The zero-order valence-corrected chi connectivity index (χ0v) is 12.7. The van der Waals surface area contributed by atoms with Crippen molar-refractivity contribution < 1.29 is 0 Å². The molecule has 0 aromatic carbocycles. The molecule has 2 aromatic rings. The molecule has 1 unspecified atom stereocenters. The molecule has 1 aliphatic rings. The molecule has 1 fully saturated rings. The van der Waals surface area contributed by atoms with Crippen molar-refractivity contribution in [3.05, 3.63) is 47.8 Å². The average molecular weight is 293 g/mol. The lowest BCUT2D eigenvalue weighted by atomic mass is 10.1. The summed E-state index contributed by atoms with van der Waals surface area (Å²) in [4.78, 5) is 11.0. The van der Waals surface area contributed by atoms with Crippen LogP contribution in [0.25, 0.3) is 0 Å². The highest BCUT2D eigenvalue weighted by Gasteiger charge is 2.23. The number of rotatable bonds is 4. The Hall–Kier alpha value is -2.61. The quantitative estimate of drug-likeness (QED) is 0.938. The average Bonchev–Trinajstić information content (AvgIpc) is 3.03. The van der Waals surface area contributed by atoms with Crippen molar-refractivity contribution in [1.82, 2.24) is 9.97 Å². The van der Waals surface area contributed by atoms with Crippen molar-refractivity contribution in [2.75, 3.05) is 29.9 Å². The number of nitrogens with one attached hydrogen (secondary N) is 1. The second kappa shape index (κ2) is 6.44. The van der Waals surface area contributed by atoms with Crippen LogP contribution in [0.15, 0.2) is 36.7 Å². The number of pyridine rings is 2. The van der Waals surface area contributed by atoms with E-state index in [1.54, 1.807) is 6.20 Å². The number of anilines is 2. The van der Waals surface area contributed by atoms with E-state index in [0.717, 1.165) is 37.7 Å². The van der Waals surface area contributed by atoms with Crippen molar-refractivity contribution in [3.63, 3.8) is 0 Å². The van der Waals surface area contributed by atoms with Crippen LogP contribution in [-0.4, -0.2) is 29.6 Å². The highest BCUT2D eigenvalue weighted by Crippen LogP contribution is 2.22. The number of hydrogen-bond donors (Lipinski definition) is 1. The lowest BCUT2D eigenvalue weighted by Crippen LogP contribution is -2.23. The third kappa shape index (κ3) is 3.34. The van der Waals surface area contributed by atoms with E-state index in [1.807, 2.05) is 31.3 Å². The van der Waals surface area contributed by atoms with Crippen molar-refractivity contribution in [3.8, 4) is 6.07 Å². The summed E-state index contributed by atoms with van der Waals surface area (Å²) in [6.07, 6.45) is 4.65. The van der Waals surface area contributed by atoms with Gasteiger partial charge in [-0.2, -0.15) is 5.26 Å². The molecule has 0 spiro atoms. The van der Waals surface area contributed by atoms with Crippen LogP contribution in [0.3, 0.4) is 0 Å². The molecule has 0 aliphatic carbocycles. The van der Waals surface area contributed by atoms with Crippen LogP contribution in [-0.2, 0) is 0 Å². The summed E-state index contributed by atoms with van der Waals surface area (Å²) in [6, 6.07) is 9.93. The van der Waals surface area contributed by atoms with Gasteiger partial charge < -0.3 is 10.2 Å². The molecule has 1 aliphatic heterocycles. The number of hydrogen-bond acceptors (Lipinski definition) is 5. The van der Waals surface area contributed by atoms with Gasteiger partial charge in [-0.25, -0.2) is 9.97 Å². The SMILES string of the molecule is Cc1ccc(NCC2CCN(c3ccc(C#N)cn3)C2)nc1. The number of aryl methyl sites for hydroxylation is 1. The van der Waals surface area contributed by atoms with E-state index in [9.17, 15) is 0 Å². The lowest BCUT2D eigenvalue weighted by molar-refractivity contribution is 0.621. The summed E-state index contributed by atoms with van der Waals surface area (Å²) < 4.78 is 0. The molecule has 1 atom stereocenters. The van der Waals surface area contributed by atoms with E-state index in [-0.39, 0.29) is 0 Å². The third-order valence-electron chi connectivity index (χ3n) is 3.97. The Balaban J connectivity index is 1.53. The molecule has 0 bridgehead atoms. The summed E-state index contributed by atoms with van der Waals surface area (Å²) in [5.41, 5.74) is 1.77. The van der Waals surface area contributed by atoms with Crippen molar-refractivity contribution >= 4 is 11.6 Å². The molecule has 0 amide bonds. The first-order chi connectivity index (χ1) is 10.7. The van der Waals surface area contributed by atoms with Crippen molar-refractivity contribution in [1.29, 1.82) is 5.26 Å². The van der Waals surface area contributed by atoms with E-state index >= 15 is 0 Å². The zero-order chi connectivity index (χ0) is 15.4. The monoisotopic (exact) mass is 293 g/mol. The summed E-state index contributed by atoms with van der Waals surface area (Å²) in [5, 5.41) is 12.2. The second-order valence-corrected chi connectivity index (χ2v) is 5.72. The molecule has 112 valence electrons. The van der Waals surface area contributed by atoms with Gasteiger partial charge in [-0.1, -0.05) is 6.07 Å². The molecule has 2 aromatic heterocycles. The molecule has 22 heavy (non-hydrogen) atoms. The van der Waals surface area contributed by atoms with Crippen LogP contribution >= 0.6 is 0 Å². The van der Waals surface area contributed by atoms with Gasteiger partial charge >= 0.3 is 0 Å². The van der Waals surface area contributed by atoms with Crippen LogP contribution in [0.1, 0.15) is 17.5 Å². The molecule has 5 heteroatoms. The van der Waals surface area contributed by atoms with Crippen LogP contribution in [0.4, 0.5) is 11.6 Å². The molecule has 0 radical (unpaired) electrons. The molecule has 1 N–H and O–H groups in total. The molecule has 1 saturated heterocycles. The first-order valence-corrected chi connectivity index (χ1v) is 7.52. The predicted molar refractivity (Wildman–Crippen MR) is 86.7 cm³/mol. The van der Waals surface area contributed by atoms with Gasteiger partial charge in [0.2, 0.25) is 0 Å². The van der Waals surface area contributed by atoms with Gasteiger partial charge in [-0.15, -0.1) is 0 Å². The zero-order valence-electron chi connectivity index (χ0n) is 12.7. The smallest absolute Gasteiger partial charge is 0.128 e. The normalized spacial score (nSPS) is 17.3. The maximum absolute atomic E-state index is 8.81. The van der Waals surface area contributed by atoms with Crippen LogP contribution in [0.5, 0.6) is 0 Å². The van der Waals surface area contributed by atoms with Gasteiger partial charge in [-0.3, -0.25) is 0 Å². The highest BCUT2D eigenvalue weighted by atomic mass is 15.2. The largest absolute Gasteiger partial charge is 0.370 e. The van der Waals surface area contributed by atoms with Gasteiger partial charge in [0.15, 0.2) is 0 Å². The van der Waals surface area contributed by atoms with E-state index in [1.165, 1.54) is 5.56 Å². The Morgan fingerprint density at radius 3 is 2.86 bits per heavy atom. The lowest BCUT2D eigenvalue weighted by Gasteiger charge is -2.17. The van der Waals surface area contributed by atoms with Gasteiger partial charge in [0.25, 0.3) is 0 Å². The minimum Gasteiger partial charge on any atom is -0.370 e. The number of nitrogens with zero attached hydrogens (tertiary/aromatic N) is 4. The summed E-state index contributed by atoms with van der Waals surface area (Å²) in [6.45, 7) is 4.95. The molecule has 3 heterocycles. The van der Waals surface area contributed by atoms with E-state index in [2.05, 4.69) is 32.3 Å². The molecular weight excluding hydrogens is 274 g/mol. The van der Waals surface area contributed by atoms with Crippen LogP contribution in [0.2, 0.25) is 0 Å². The van der Waals surface area contributed by atoms with Gasteiger partial charge in [0.05, 0.1) is 5.56 Å². The maximum Gasteiger partial charge on any atom is 0.128 e. The van der Waals surface area contributed by atoms with E-state index in [4.69, 9.17) is 5.26 Å². The van der Waals surface area contributed by atoms with Crippen LogP contribution < -0.4 is 10.2 Å². The maximum atomic E-state index is 8.81. The topological polar surface area (TPSA) is 64.8 Å². The standard InChI is InChI=1S/C17H19N5/c1-13-2-4-16(19-9-13)20-11-15-6-7-22(12-15)17-5-3-14(8-18)10-21-17/h2-5,9-10,15H,6-7,11-12H2,1H3,(H,19,20). The van der Waals surface area contributed by atoms with Crippen molar-refractivity contribution in [2.45, 2.75) is 13.3 Å². The Morgan fingerprint density at radius 2 is 2.18 bits per heavy atom. The summed E-state index contributed by atoms with van der Waals surface area (Å²) >= 11 is 0. The molecule has 3 rings (SSSR count). The van der Waals surface area contributed by atoms with Crippen LogP contribution in [0, 0.1) is 24.2 Å².